The van der Waals surface area contributed by atoms with E-state index in [4.69, 9.17) is 18.9 Å². The molecular weight excluding hydrogens is 467 g/mol. The number of rotatable bonds is 6. The summed E-state index contributed by atoms with van der Waals surface area (Å²) in [7, 11) is 0. The van der Waals surface area contributed by atoms with Gasteiger partial charge >= 0.3 is 17.9 Å². The van der Waals surface area contributed by atoms with Crippen molar-refractivity contribution in [2.24, 2.45) is 0 Å². The van der Waals surface area contributed by atoms with Gasteiger partial charge < -0.3 is 18.9 Å². The highest BCUT2D eigenvalue weighted by atomic mass is 32.2. The Morgan fingerprint density at radius 1 is 1.03 bits per heavy atom. The fourth-order valence-corrected chi connectivity index (χ4v) is 4.65. The van der Waals surface area contributed by atoms with Gasteiger partial charge in [-0.1, -0.05) is 6.07 Å². The molecule has 0 N–H and O–H groups in total. The first-order valence-corrected chi connectivity index (χ1v) is 11.2. The second kappa shape index (κ2) is 11.0. The van der Waals surface area contributed by atoms with Gasteiger partial charge in [0, 0.05) is 43.8 Å². The van der Waals surface area contributed by atoms with Gasteiger partial charge in [-0.25, -0.2) is 4.39 Å². The van der Waals surface area contributed by atoms with Gasteiger partial charge in [0.05, 0.1) is 17.8 Å². The van der Waals surface area contributed by atoms with Gasteiger partial charge in [-0.05, 0) is 18.2 Å². The fourth-order valence-electron chi connectivity index (χ4n) is 3.44. The van der Waals surface area contributed by atoms with E-state index in [9.17, 15) is 24.0 Å². The molecule has 9 nitrogen and oxygen atoms in total. The van der Waals surface area contributed by atoms with Crippen LogP contribution in [0, 0.1) is 17.1 Å². The first kappa shape index (κ1) is 25.0. The number of thioether (sulfide) groups is 1. The Balaban J connectivity index is 1.91. The molecule has 4 atom stereocenters. The first-order valence-electron chi connectivity index (χ1n) is 10.1. The Bertz CT molecular complexity index is 1140. The number of halogens is 1. The largest absolute Gasteiger partial charge is 0.474 e. The van der Waals surface area contributed by atoms with Crippen LogP contribution >= 0.6 is 11.8 Å². The lowest BCUT2D eigenvalue weighted by Crippen LogP contribution is -2.55. The minimum atomic E-state index is -1.09. The van der Waals surface area contributed by atoms with Crippen molar-refractivity contribution in [2.45, 2.75) is 44.5 Å². The van der Waals surface area contributed by atoms with Crippen LogP contribution < -0.4 is 4.74 Å². The number of hydrogen-bond donors (Lipinski definition) is 0. The summed E-state index contributed by atoms with van der Waals surface area (Å²) in [4.78, 5) is 39.2. The minimum absolute atomic E-state index is 0.128. The van der Waals surface area contributed by atoms with E-state index in [-0.39, 0.29) is 17.1 Å². The third-order valence-corrected chi connectivity index (χ3v) is 5.90. The molecule has 0 spiro atoms. The van der Waals surface area contributed by atoms with Crippen LogP contribution in [0.15, 0.2) is 36.7 Å². The molecule has 3 rings (SSSR count). The summed E-state index contributed by atoms with van der Waals surface area (Å²) in [6.07, 6.45) is -0.110. The van der Waals surface area contributed by atoms with Crippen molar-refractivity contribution >= 4 is 29.7 Å². The summed E-state index contributed by atoms with van der Waals surface area (Å²) in [6.45, 7) is 3.61. The number of hydrogen-bond acceptors (Lipinski definition) is 10. The number of carbonyl (C=O) groups excluding carboxylic acids is 3. The van der Waals surface area contributed by atoms with E-state index in [1.165, 1.54) is 57.1 Å². The molecule has 0 bridgehead atoms. The van der Waals surface area contributed by atoms with Gasteiger partial charge in [0.2, 0.25) is 0 Å². The molecule has 0 unspecified atom stereocenters. The summed E-state index contributed by atoms with van der Waals surface area (Å²) in [5.41, 5.74) is 0.263. The van der Waals surface area contributed by atoms with Crippen molar-refractivity contribution in [1.29, 1.82) is 5.26 Å². The van der Waals surface area contributed by atoms with Crippen LogP contribution in [0.4, 0.5) is 4.39 Å². The van der Waals surface area contributed by atoms with E-state index >= 15 is 0 Å². The molecule has 0 saturated carbocycles. The maximum Gasteiger partial charge on any atom is 0.303 e. The number of nitrogens with zero attached hydrogens (tertiary/aromatic N) is 2. The lowest BCUT2D eigenvalue weighted by molar-refractivity contribution is -0.186. The molecule has 2 heterocycles. The SMILES string of the molecule is CC(=O)O[C@@H]1[C@@H](OC(C)=O)[C@H](OC(C)=O)CS[C@H]1Oc1cncc(-c2ccc(F)cc2C#N)c1. The Morgan fingerprint density at radius 2 is 1.71 bits per heavy atom. The highest BCUT2D eigenvalue weighted by molar-refractivity contribution is 7.99. The summed E-state index contributed by atoms with van der Waals surface area (Å²) in [5, 5.41) is 9.34. The summed E-state index contributed by atoms with van der Waals surface area (Å²) in [6, 6.07) is 7.37. The Morgan fingerprint density at radius 3 is 2.35 bits per heavy atom. The maximum absolute atomic E-state index is 13.5. The molecule has 1 aromatic heterocycles. The van der Waals surface area contributed by atoms with Crippen LogP contribution in [-0.2, 0) is 28.6 Å². The van der Waals surface area contributed by atoms with Crippen LogP contribution in [0.2, 0.25) is 0 Å². The predicted octanol–water partition coefficient (Wildman–Crippen LogP) is 3.01. The molecule has 1 aliphatic rings. The molecule has 1 fully saturated rings. The van der Waals surface area contributed by atoms with E-state index in [0.717, 1.165) is 6.07 Å². The van der Waals surface area contributed by atoms with Crippen LogP contribution in [0.25, 0.3) is 11.1 Å². The summed E-state index contributed by atoms with van der Waals surface area (Å²) < 4.78 is 35.6. The molecule has 178 valence electrons. The number of carbonyl (C=O) groups is 3. The van der Waals surface area contributed by atoms with Crippen molar-refractivity contribution in [3.05, 3.63) is 48.0 Å². The van der Waals surface area contributed by atoms with Crippen molar-refractivity contribution < 1.29 is 37.7 Å². The first-order chi connectivity index (χ1) is 16.2. The van der Waals surface area contributed by atoms with Crippen LogP contribution in [0.5, 0.6) is 5.75 Å². The van der Waals surface area contributed by atoms with Crippen molar-refractivity contribution in [2.75, 3.05) is 5.75 Å². The summed E-state index contributed by atoms with van der Waals surface area (Å²) >= 11 is 1.20. The van der Waals surface area contributed by atoms with Crippen molar-refractivity contribution in [3.63, 3.8) is 0 Å². The third kappa shape index (κ3) is 6.23. The van der Waals surface area contributed by atoms with Gasteiger partial charge in [-0.15, -0.1) is 11.8 Å². The fraction of sp³-hybridized carbons (Fsp3) is 0.348. The van der Waals surface area contributed by atoms with Gasteiger partial charge in [0.25, 0.3) is 0 Å². The molecule has 0 aliphatic carbocycles. The Kier molecular flexibility index (Phi) is 8.07. The van der Waals surface area contributed by atoms with E-state index in [0.29, 0.717) is 11.1 Å². The monoisotopic (exact) mass is 488 g/mol. The summed E-state index contributed by atoms with van der Waals surface area (Å²) in [5.74, 6) is -1.92. The second-order valence-corrected chi connectivity index (χ2v) is 8.46. The lowest BCUT2D eigenvalue weighted by atomic mass is 10.0. The third-order valence-electron chi connectivity index (χ3n) is 4.68. The van der Waals surface area contributed by atoms with Gasteiger partial charge in [-0.2, -0.15) is 5.26 Å². The average Bonchev–Trinajstić information content (AvgIpc) is 2.76. The van der Waals surface area contributed by atoms with E-state index in [2.05, 4.69) is 4.98 Å². The van der Waals surface area contributed by atoms with Gasteiger partial charge in [0.15, 0.2) is 23.7 Å². The molecule has 1 aromatic carbocycles. The molecule has 34 heavy (non-hydrogen) atoms. The van der Waals surface area contributed by atoms with E-state index in [1.54, 1.807) is 6.07 Å². The number of esters is 3. The Hall–Kier alpha value is -3.65. The number of ether oxygens (including phenoxy) is 4. The van der Waals surface area contributed by atoms with Crippen molar-refractivity contribution in [1.82, 2.24) is 4.98 Å². The van der Waals surface area contributed by atoms with Crippen LogP contribution in [-0.4, -0.2) is 52.4 Å². The van der Waals surface area contributed by atoms with Gasteiger partial charge in [-0.3, -0.25) is 19.4 Å². The zero-order valence-electron chi connectivity index (χ0n) is 18.5. The molecule has 2 aromatic rings. The number of benzene rings is 1. The van der Waals surface area contributed by atoms with E-state index in [1.807, 2.05) is 6.07 Å². The lowest BCUT2D eigenvalue weighted by Gasteiger charge is -2.39. The second-order valence-electron chi connectivity index (χ2n) is 7.33. The number of nitriles is 1. The van der Waals surface area contributed by atoms with E-state index < -0.39 is 47.5 Å². The standard InChI is InChI=1S/C23H21FN2O7S/c1-12(27)30-20-11-34-23(22(32-14(3)29)21(20)31-13(2)28)33-18-7-16(9-26-10-18)19-5-4-17(24)6-15(19)8-25/h4-7,9-10,20-23H,11H2,1-3H3/t20-,21+,22-,23-/m1/s1. The highest BCUT2D eigenvalue weighted by Gasteiger charge is 2.47. The predicted molar refractivity (Wildman–Crippen MR) is 118 cm³/mol. The molecule has 0 amide bonds. The maximum atomic E-state index is 13.5. The topological polar surface area (TPSA) is 125 Å². The van der Waals surface area contributed by atoms with Crippen LogP contribution in [0.1, 0.15) is 26.3 Å². The quantitative estimate of drug-likeness (QED) is 0.442. The normalized spacial score (nSPS) is 21.6. The molecule has 1 aliphatic heterocycles. The zero-order chi connectivity index (χ0) is 24.8. The molecule has 11 heteroatoms. The molecule has 0 radical (unpaired) electrons. The van der Waals surface area contributed by atoms with Crippen molar-refractivity contribution in [3.8, 4) is 22.9 Å². The Labute approximate surface area is 199 Å². The number of pyridine rings is 1. The average molecular weight is 488 g/mol. The van der Waals surface area contributed by atoms with Crippen LogP contribution in [0.3, 0.4) is 0 Å². The number of aromatic nitrogens is 1. The molecule has 1 saturated heterocycles. The smallest absolute Gasteiger partial charge is 0.303 e. The molecular formula is C23H21FN2O7S. The minimum Gasteiger partial charge on any atom is -0.474 e. The van der Waals surface area contributed by atoms with Gasteiger partial charge in [0.1, 0.15) is 11.6 Å². The zero-order valence-corrected chi connectivity index (χ0v) is 19.3. The highest BCUT2D eigenvalue weighted by Crippen LogP contribution is 2.35.